The smallest absolute Gasteiger partial charge is 0.151 e. The fraction of sp³-hybridized carbons (Fsp3) is 0.176. The largest absolute Gasteiger partial charge is 0.322 e. The molecule has 0 fully saturated rings. The van der Waals surface area contributed by atoms with Crippen molar-refractivity contribution in [2.75, 3.05) is 4.90 Å². The van der Waals surface area contributed by atoms with Crippen molar-refractivity contribution >= 4 is 22.3 Å². The molecule has 3 heteroatoms. The van der Waals surface area contributed by atoms with E-state index < -0.39 is 0 Å². The van der Waals surface area contributed by atoms with Crippen LogP contribution in [0.4, 0.5) is 11.5 Å². The third-order valence-electron chi connectivity index (χ3n) is 3.34. The van der Waals surface area contributed by atoms with Crippen LogP contribution in [0.3, 0.4) is 0 Å². The lowest BCUT2D eigenvalue weighted by Gasteiger charge is -2.28. The van der Waals surface area contributed by atoms with E-state index in [1.807, 2.05) is 6.20 Å². The monoisotopic (exact) mass is 263 g/mol. The van der Waals surface area contributed by atoms with Crippen molar-refractivity contribution < 1.29 is 0 Å². The highest BCUT2D eigenvalue weighted by atomic mass is 15.2. The summed E-state index contributed by atoms with van der Waals surface area (Å²) in [6.45, 7) is 4.33. The quantitative estimate of drug-likeness (QED) is 0.710. The molecule has 0 aliphatic carbocycles. The molecule has 0 N–H and O–H groups in total. The van der Waals surface area contributed by atoms with Crippen LogP contribution in [0, 0.1) is 0 Å². The normalized spacial score (nSPS) is 10.9. The molecule has 0 saturated carbocycles. The highest BCUT2D eigenvalue weighted by molar-refractivity contribution is 5.95. The first-order chi connectivity index (χ1) is 9.77. The molecule has 3 aromatic rings. The minimum Gasteiger partial charge on any atom is -0.322 e. The summed E-state index contributed by atoms with van der Waals surface area (Å²) < 4.78 is 0. The van der Waals surface area contributed by atoms with Crippen LogP contribution in [0.1, 0.15) is 13.8 Å². The zero-order valence-corrected chi connectivity index (χ0v) is 11.7. The molecule has 100 valence electrons. The molecular formula is C17H17N3. The minimum atomic E-state index is 0.303. The number of hydrogen-bond acceptors (Lipinski definition) is 3. The predicted octanol–water partition coefficient (Wildman–Crippen LogP) is 4.18. The maximum absolute atomic E-state index is 4.45. The first-order valence-corrected chi connectivity index (χ1v) is 6.80. The highest BCUT2D eigenvalue weighted by Crippen LogP contribution is 2.32. The van der Waals surface area contributed by atoms with Crippen LogP contribution in [0.25, 0.3) is 10.8 Å². The van der Waals surface area contributed by atoms with Gasteiger partial charge in [-0.05, 0) is 25.3 Å². The van der Waals surface area contributed by atoms with Crippen molar-refractivity contribution in [1.82, 2.24) is 9.97 Å². The second-order valence-electron chi connectivity index (χ2n) is 5.03. The molecule has 20 heavy (non-hydrogen) atoms. The lowest BCUT2D eigenvalue weighted by molar-refractivity contribution is 0.777. The second kappa shape index (κ2) is 5.29. The first kappa shape index (κ1) is 12.6. The minimum absolute atomic E-state index is 0.303. The Bertz CT molecular complexity index is 702. The van der Waals surface area contributed by atoms with Gasteiger partial charge in [0.25, 0.3) is 0 Å². The van der Waals surface area contributed by atoms with Gasteiger partial charge in [-0.25, -0.2) is 4.98 Å². The van der Waals surface area contributed by atoms with Crippen LogP contribution in [-0.4, -0.2) is 16.0 Å². The van der Waals surface area contributed by atoms with Crippen LogP contribution in [0.15, 0.2) is 61.1 Å². The summed E-state index contributed by atoms with van der Waals surface area (Å²) in [6, 6.07) is 15.1. The van der Waals surface area contributed by atoms with Crippen LogP contribution in [-0.2, 0) is 0 Å². The van der Waals surface area contributed by atoms with E-state index in [2.05, 4.69) is 71.2 Å². The van der Waals surface area contributed by atoms with Gasteiger partial charge in [-0.15, -0.1) is 0 Å². The molecule has 0 spiro atoms. The zero-order chi connectivity index (χ0) is 13.9. The maximum atomic E-state index is 4.45. The Labute approximate surface area is 118 Å². The Morgan fingerprint density at radius 2 is 1.75 bits per heavy atom. The number of anilines is 2. The Balaban J connectivity index is 2.21. The van der Waals surface area contributed by atoms with Gasteiger partial charge in [0, 0.05) is 23.8 Å². The summed E-state index contributed by atoms with van der Waals surface area (Å²) in [6.07, 6.45) is 5.24. The number of nitrogens with zero attached hydrogens (tertiary/aromatic N) is 3. The van der Waals surface area contributed by atoms with Crippen LogP contribution in [0.5, 0.6) is 0 Å². The molecule has 0 amide bonds. The maximum Gasteiger partial charge on any atom is 0.151 e. The molecule has 2 aromatic carbocycles. The lowest BCUT2D eigenvalue weighted by Crippen LogP contribution is -2.26. The Morgan fingerprint density at radius 3 is 2.50 bits per heavy atom. The predicted molar refractivity (Wildman–Crippen MR) is 83.3 cm³/mol. The van der Waals surface area contributed by atoms with Crippen molar-refractivity contribution in [1.29, 1.82) is 0 Å². The summed E-state index contributed by atoms with van der Waals surface area (Å²) in [4.78, 5) is 10.9. The number of rotatable bonds is 3. The first-order valence-electron chi connectivity index (χ1n) is 6.80. The molecule has 0 bridgehead atoms. The Kier molecular flexibility index (Phi) is 3.33. The van der Waals surface area contributed by atoms with E-state index in [-0.39, 0.29) is 0 Å². The van der Waals surface area contributed by atoms with Crippen LogP contribution in [0.2, 0.25) is 0 Å². The Hall–Kier alpha value is -2.42. The summed E-state index contributed by atoms with van der Waals surface area (Å²) in [7, 11) is 0. The van der Waals surface area contributed by atoms with Gasteiger partial charge in [-0.2, -0.15) is 0 Å². The Morgan fingerprint density at radius 1 is 0.950 bits per heavy atom. The van der Waals surface area contributed by atoms with Gasteiger partial charge in [0.2, 0.25) is 0 Å². The van der Waals surface area contributed by atoms with Gasteiger partial charge in [-0.3, -0.25) is 4.98 Å². The van der Waals surface area contributed by atoms with E-state index in [4.69, 9.17) is 0 Å². The van der Waals surface area contributed by atoms with E-state index in [1.54, 1.807) is 12.4 Å². The van der Waals surface area contributed by atoms with Crippen LogP contribution < -0.4 is 4.90 Å². The number of benzene rings is 2. The van der Waals surface area contributed by atoms with Gasteiger partial charge in [-0.1, -0.05) is 36.4 Å². The molecule has 1 heterocycles. The second-order valence-corrected chi connectivity index (χ2v) is 5.03. The van der Waals surface area contributed by atoms with E-state index in [9.17, 15) is 0 Å². The molecular weight excluding hydrogens is 246 g/mol. The lowest BCUT2D eigenvalue weighted by atomic mass is 10.1. The fourth-order valence-electron chi connectivity index (χ4n) is 2.50. The van der Waals surface area contributed by atoms with Gasteiger partial charge in [0.15, 0.2) is 5.82 Å². The van der Waals surface area contributed by atoms with Crippen molar-refractivity contribution in [3.63, 3.8) is 0 Å². The van der Waals surface area contributed by atoms with Gasteiger partial charge in [0.1, 0.15) is 0 Å². The molecule has 0 aliphatic heterocycles. The SMILES string of the molecule is CC(C)N(c1cnccn1)c1cccc2ccccc12. The molecule has 0 aliphatic rings. The summed E-state index contributed by atoms with van der Waals surface area (Å²) >= 11 is 0. The van der Waals surface area contributed by atoms with E-state index in [0.29, 0.717) is 6.04 Å². The molecule has 0 atom stereocenters. The van der Waals surface area contributed by atoms with Crippen molar-refractivity contribution in [3.8, 4) is 0 Å². The van der Waals surface area contributed by atoms with E-state index in [1.165, 1.54) is 16.5 Å². The average molecular weight is 263 g/mol. The van der Waals surface area contributed by atoms with Crippen molar-refractivity contribution in [2.45, 2.75) is 19.9 Å². The van der Waals surface area contributed by atoms with Gasteiger partial charge in [0.05, 0.1) is 11.9 Å². The molecule has 0 radical (unpaired) electrons. The molecule has 1 aromatic heterocycles. The molecule has 0 saturated heterocycles. The topological polar surface area (TPSA) is 29.0 Å². The molecule has 3 rings (SSSR count). The third-order valence-corrected chi connectivity index (χ3v) is 3.34. The van der Waals surface area contributed by atoms with Gasteiger partial charge >= 0.3 is 0 Å². The van der Waals surface area contributed by atoms with E-state index >= 15 is 0 Å². The van der Waals surface area contributed by atoms with Crippen LogP contribution >= 0.6 is 0 Å². The van der Waals surface area contributed by atoms with Crippen molar-refractivity contribution in [3.05, 3.63) is 61.1 Å². The summed E-state index contributed by atoms with van der Waals surface area (Å²) in [5.41, 5.74) is 1.17. The average Bonchev–Trinajstić information content (AvgIpc) is 2.48. The summed E-state index contributed by atoms with van der Waals surface area (Å²) in [5, 5.41) is 2.47. The number of aromatic nitrogens is 2. The highest BCUT2D eigenvalue weighted by Gasteiger charge is 2.16. The fourth-order valence-corrected chi connectivity index (χ4v) is 2.50. The van der Waals surface area contributed by atoms with Gasteiger partial charge < -0.3 is 4.90 Å². The van der Waals surface area contributed by atoms with Crippen molar-refractivity contribution in [2.24, 2.45) is 0 Å². The molecule has 0 unspecified atom stereocenters. The molecule has 3 nitrogen and oxygen atoms in total. The standard InChI is InChI=1S/C17H17N3/c1-13(2)20(17-12-18-10-11-19-17)16-9-5-7-14-6-3-4-8-15(14)16/h3-13H,1-2H3. The number of fused-ring (bicyclic) bond motifs is 1. The summed E-state index contributed by atoms with van der Waals surface area (Å²) in [5.74, 6) is 0.874. The third kappa shape index (κ3) is 2.23. The zero-order valence-electron chi connectivity index (χ0n) is 11.7. The van der Waals surface area contributed by atoms with E-state index in [0.717, 1.165) is 5.82 Å². The number of hydrogen-bond donors (Lipinski definition) is 0.